The number of hydrogen-bond acceptors (Lipinski definition) is 3. The molecule has 0 spiro atoms. The van der Waals surface area contributed by atoms with Crippen molar-refractivity contribution in [3.63, 3.8) is 0 Å². The molecule has 5 nitrogen and oxygen atoms in total. The van der Waals surface area contributed by atoms with Crippen LogP contribution in [0.15, 0.2) is 42.5 Å². The Morgan fingerprint density at radius 3 is 2.39 bits per heavy atom. The van der Waals surface area contributed by atoms with Crippen molar-refractivity contribution in [3.8, 4) is 0 Å². The second-order valence-electron chi connectivity index (χ2n) is 7.29. The van der Waals surface area contributed by atoms with Gasteiger partial charge >= 0.3 is 0 Å². The number of hydrogen-bond donors (Lipinski definition) is 2. The first-order valence-electron chi connectivity index (χ1n) is 10.1. The molecule has 1 aliphatic rings. The van der Waals surface area contributed by atoms with Gasteiger partial charge in [0.25, 0.3) is 5.91 Å². The summed E-state index contributed by atoms with van der Waals surface area (Å²) in [5, 5.41) is 6.14. The predicted octanol–water partition coefficient (Wildman–Crippen LogP) is 4.23. The highest BCUT2D eigenvalue weighted by Crippen LogP contribution is 2.21. The lowest BCUT2D eigenvalue weighted by Gasteiger charge is -2.26. The van der Waals surface area contributed by atoms with Crippen molar-refractivity contribution in [2.24, 2.45) is 0 Å². The molecule has 1 saturated heterocycles. The SMILES string of the molecule is CCc1cccc(C)c1NC(=O)CNc1ccc(C(=O)N2CCCCC2)cc1. The number of carbonyl (C=O) groups excluding carboxylic acids is 2. The van der Waals surface area contributed by atoms with E-state index in [4.69, 9.17) is 0 Å². The van der Waals surface area contributed by atoms with Crippen molar-refractivity contribution in [1.29, 1.82) is 0 Å². The Labute approximate surface area is 167 Å². The number of nitrogens with one attached hydrogen (secondary N) is 2. The molecule has 0 saturated carbocycles. The van der Waals surface area contributed by atoms with Crippen molar-refractivity contribution < 1.29 is 9.59 Å². The van der Waals surface area contributed by atoms with Crippen LogP contribution < -0.4 is 10.6 Å². The molecule has 2 aromatic rings. The fourth-order valence-electron chi connectivity index (χ4n) is 3.58. The highest BCUT2D eigenvalue weighted by molar-refractivity contribution is 5.96. The Bertz CT molecular complexity index is 824. The lowest BCUT2D eigenvalue weighted by molar-refractivity contribution is -0.114. The zero-order chi connectivity index (χ0) is 19.9. The number of piperidine rings is 1. The Kier molecular flexibility index (Phi) is 6.69. The van der Waals surface area contributed by atoms with E-state index in [9.17, 15) is 9.59 Å². The summed E-state index contributed by atoms with van der Waals surface area (Å²) in [6, 6.07) is 13.4. The normalized spacial score (nSPS) is 13.9. The minimum absolute atomic E-state index is 0.0857. The third kappa shape index (κ3) is 4.91. The van der Waals surface area contributed by atoms with Gasteiger partial charge in [-0.15, -0.1) is 0 Å². The number of aryl methyl sites for hydroxylation is 2. The molecule has 0 unspecified atom stereocenters. The molecular weight excluding hydrogens is 350 g/mol. The second kappa shape index (κ2) is 9.40. The Hall–Kier alpha value is -2.82. The number of nitrogens with zero attached hydrogens (tertiary/aromatic N) is 1. The molecule has 28 heavy (non-hydrogen) atoms. The second-order valence-corrected chi connectivity index (χ2v) is 7.29. The van der Waals surface area contributed by atoms with Gasteiger partial charge in [-0.05, 0) is 68.0 Å². The molecule has 1 heterocycles. The van der Waals surface area contributed by atoms with E-state index in [0.717, 1.165) is 54.9 Å². The monoisotopic (exact) mass is 379 g/mol. The van der Waals surface area contributed by atoms with E-state index in [-0.39, 0.29) is 18.4 Å². The maximum atomic E-state index is 12.5. The summed E-state index contributed by atoms with van der Waals surface area (Å²) in [5.41, 5.74) is 4.62. The van der Waals surface area contributed by atoms with Gasteiger partial charge in [-0.3, -0.25) is 9.59 Å². The summed E-state index contributed by atoms with van der Waals surface area (Å²) < 4.78 is 0. The largest absolute Gasteiger partial charge is 0.376 e. The maximum absolute atomic E-state index is 12.5. The molecule has 2 amide bonds. The van der Waals surface area contributed by atoms with E-state index in [0.29, 0.717) is 5.56 Å². The molecule has 0 aromatic heterocycles. The van der Waals surface area contributed by atoms with Gasteiger partial charge < -0.3 is 15.5 Å². The summed E-state index contributed by atoms with van der Waals surface area (Å²) in [4.78, 5) is 26.8. The molecule has 148 valence electrons. The standard InChI is InChI=1S/C23H29N3O2/c1-3-18-9-7-8-17(2)22(18)25-21(27)16-24-20-12-10-19(11-13-20)23(28)26-14-5-4-6-15-26/h7-13,24H,3-6,14-16H2,1-2H3,(H,25,27). The van der Waals surface area contributed by atoms with E-state index in [1.54, 1.807) is 0 Å². The van der Waals surface area contributed by atoms with Gasteiger partial charge in [-0.1, -0.05) is 25.1 Å². The summed E-state index contributed by atoms with van der Waals surface area (Å²) in [6.07, 6.45) is 4.25. The molecule has 2 N–H and O–H groups in total. The molecule has 2 aromatic carbocycles. The molecule has 3 rings (SSSR count). The molecular formula is C23H29N3O2. The first-order valence-corrected chi connectivity index (χ1v) is 10.1. The van der Waals surface area contributed by atoms with Crippen LogP contribution in [0, 0.1) is 6.92 Å². The van der Waals surface area contributed by atoms with E-state index in [1.165, 1.54) is 6.42 Å². The predicted molar refractivity (Wildman–Crippen MR) is 114 cm³/mol. The fourth-order valence-corrected chi connectivity index (χ4v) is 3.58. The minimum Gasteiger partial charge on any atom is -0.376 e. The zero-order valence-corrected chi connectivity index (χ0v) is 16.8. The number of anilines is 2. The van der Waals surface area contributed by atoms with Crippen LogP contribution in [-0.4, -0.2) is 36.3 Å². The number of para-hydroxylation sites is 1. The average molecular weight is 380 g/mol. The van der Waals surface area contributed by atoms with Crippen LogP contribution in [0.1, 0.15) is 47.7 Å². The van der Waals surface area contributed by atoms with Crippen molar-refractivity contribution in [1.82, 2.24) is 4.90 Å². The minimum atomic E-state index is -0.0857. The van der Waals surface area contributed by atoms with Gasteiger partial charge in [0.05, 0.1) is 6.54 Å². The summed E-state index contributed by atoms with van der Waals surface area (Å²) in [5.74, 6) is 0.00751. The average Bonchev–Trinajstić information content (AvgIpc) is 2.74. The Morgan fingerprint density at radius 1 is 1.00 bits per heavy atom. The molecule has 0 radical (unpaired) electrons. The number of benzene rings is 2. The molecule has 1 fully saturated rings. The van der Waals surface area contributed by atoms with Crippen LogP contribution in [0.3, 0.4) is 0 Å². The van der Waals surface area contributed by atoms with E-state index in [1.807, 2.05) is 54.3 Å². The van der Waals surface area contributed by atoms with E-state index in [2.05, 4.69) is 17.6 Å². The van der Waals surface area contributed by atoms with Gasteiger partial charge in [0.15, 0.2) is 0 Å². The summed E-state index contributed by atoms with van der Waals surface area (Å²) >= 11 is 0. The number of rotatable bonds is 6. The lowest BCUT2D eigenvalue weighted by Crippen LogP contribution is -2.35. The Balaban J connectivity index is 1.55. The third-order valence-corrected chi connectivity index (χ3v) is 5.23. The number of carbonyl (C=O) groups is 2. The number of likely N-dealkylation sites (tertiary alicyclic amines) is 1. The van der Waals surface area contributed by atoms with Crippen LogP contribution in [0.5, 0.6) is 0 Å². The molecule has 1 aliphatic heterocycles. The molecule has 5 heteroatoms. The molecule has 0 aliphatic carbocycles. The Morgan fingerprint density at radius 2 is 1.71 bits per heavy atom. The lowest BCUT2D eigenvalue weighted by atomic mass is 10.1. The van der Waals surface area contributed by atoms with Crippen molar-refractivity contribution >= 4 is 23.2 Å². The topological polar surface area (TPSA) is 61.4 Å². The third-order valence-electron chi connectivity index (χ3n) is 5.23. The van der Waals surface area contributed by atoms with Gasteiger partial charge in [-0.25, -0.2) is 0 Å². The first kappa shape index (κ1) is 19.9. The summed E-state index contributed by atoms with van der Waals surface area (Å²) in [6.45, 7) is 5.95. The van der Waals surface area contributed by atoms with Gasteiger partial charge in [0, 0.05) is 30.0 Å². The van der Waals surface area contributed by atoms with E-state index < -0.39 is 0 Å². The highest BCUT2D eigenvalue weighted by Gasteiger charge is 2.17. The van der Waals surface area contributed by atoms with Crippen molar-refractivity contribution in [2.75, 3.05) is 30.3 Å². The zero-order valence-electron chi connectivity index (χ0n) is 16.8. The summed E-state index contributed by atoms with van der Waals surface area (Å²) in [7, 11) is 0. The van der Waals surface area contributed by atoms with Crippen LogP contribution in [-0.2, 0) is 11.2 Å². The quantitative estimate of drug-likeness (QED) is 0.789. The first-order chi connectivity index (χ1) is 13.6. The van der Waals surface area contributed by atoms with Crippen molar-refractivity contribution in [3.05, 3.63) is 59.2 Å². The molecule has 0 bridgehead atoms. The van der Waals surface area contributed by atoms with Crippen LogP contribution >= 0.6 is 0 Å². The fraction of sp³-hybridized carbons (Fsp3) is 0.391. The number of amides is 2. The van der Waals surface area contributed by atoms with Crippen LogP contribution in [0.2, 0.25) is 0 Å². The maximum Gasteiger partial charge on any atom is 0.253 e. The van der Waals surface area contributed by atoms with Gasteiger partial charge in [0.1, 0.15) is 0 Å². The van der Waals surface area contributed by atoms with Gasteiger partial charge in [0.2, 0.25) is 5.91 Å². The smallest absolute Gasteiger partial charge is 0.253 e. The van der Waals surface area contributed by atoms with Crippen LogP contribution in [0.4, 0.5) is 11.4 Å². The van der Waals surface area contributed by atoms with Crippen LogP contribution in [0.25, 0.3) is 0 Å². The van der Waals surface area contributed by atoms with E-state index >= 15 is 0 Å². The highest BCUT2D eigenvalue weighted by atomic mass is 16.2. The molecule has 0 atom stereocenters. The van der Waals surface area contributed by atoms with Gasteiger partial charge in [-0.2, -0.15) is 0 Å². The van der Waals surface area contributed by atoms with Crippen molar-refractivity contribution in [2.45, 2.75) is 39.5 Å².